The lowest BCUT2D eigenvalue weighted by atomic mass is 10.1. The Labute approximate surface area is 457 Å². The van der Waals surface area contributed by atoms with Crippen LogP contribution in [0.5, 0.6) is 0 Å². The first-order valence-electron chi connectivity index (χ1n) is 31.2. The molecule has 0 aliphatic rings. The van der Waals surface area contributed by atoms with Crippen LogP contribution in [0.25, 0.3) is 0 Å². The van der Waals surface area contributed by atoms with Crippen LogP contribution < -0.4 is 0 Å². The molecular formula is C68H116O6. The van der Waals surface area contributed by atoms with Crippen LogP contribution in [0.1, 0.15) is 297 Å². The smallest absolute Gasteiger partial charge is 0.306 e. The molecule has 0 amide bonds. The summed E-state index contributed by atoms with van der Waals surface area (Å²) in [7, 11) is 0. The van der Waals surface area contributed by atoms with Gasteiger partial charge in [0.25, 0.3) is 0 Å². The molecule has 1 unspecified atom stereocenters. The fourth-order valence-corrected chi connectivity index (χ4v) is 8.61. The van der Waals surface area contributed by atoms with E-state index in [1.807, 2.05) is 0 Å². The summed E-state index contributed by atoms with van der Waals surface area (Å²) in [6.07, 6.45) is 82.6. The molecule has 74 heavy (non-hydrogen) atoms. The fraction of sp³-hybridized carbons (Fsp3) is 0.721. The summed E-state index contributed by atoms with van der Waals surface area (Å²) in [5.41, 5.74) is 0. The quantitative estimate of drug-likeness (QED) is 0.0261. The van der Waals surface area contributed by atoms with Gasteiger partial charge in [-0.15, -0.1) is 0 Å². The van der Waals surface area contributed by atoms with E-state index in [9.17, 15) is 14.4 Å². The van der Waals surface area contributed by atoms with Crippen LogP contribution in [0.15, 0.2) is 97.2 Å². The Balaban J connectivity index is 4.46. The Kier molecular flexibility index (Phi) is 58.8. The molecule has 0 bridgehead atoms. The summed E-state index contributed by atoms with van der Waals surface area (Å²) in [6.45, 7) is 6.49. The van der Waals surface area contributed by atoms with Gasteiger partial charge in [0, 0.05) is 19.3 Å². The van der Waals surface area contributed by atoms with Gasteiger partial charge in [0.2, 0.25) is 0 Å². The molecule has 0 radical (unpaired) electrons. The third-order valence-electron chi connectivity index (χ3n) is 13.3. The van der Waals surface area contributed by atoms with E-state index < -0.39 is 6.10 Å². The highest BCUT2D eigenvalue weighted by molar-refractivity contribution is 5.71. The number of unbranched alkanes of at least 4 members (excludes halogenated alkanes) is 29. The molecule has 0 aliphatic carbocycles. The van der Waals surface area contributed by atoms with Crippen molar-refractivity contribution >= 4 is 17.9 Å². The number of carbonyl (C=O) groups is 3. The summed E-state index contributed by atoms with van der Waals surface area (Å²) < 4.78 is 16.9. The van der Waals surface area contributed by atoms with Crippen molar-refractivity contribution in [1.29, 1.82) is 0 Å². The molecule has 0 saturated carbocycles. The third kappa shape index (κ3) is 59.2. The summed E-state index contributed by atoms with van der Waals surface area (Å²) in [4.78, 5) is 38.3. The van der Waals surface area contributed by atoms with Crippen LogP contribution in [-0.2, 0) is 28.6 Å². The average Bonchev–Trinajstić information content (AvgIpc) is 3.40. The van der Waals surface area contributed by atoms with Gasteiger partial charge in [-0.3, -0.25) is 14.4 Å². The van der Waals surface area contributed by atoms with Crippen LogP contribution in [0.3, 0.4) is 0 Å². The predicted octanol–water partition coefficient (Wildman–Crippen LogP) is 21.3. The van der Waals surface area contributed by atoms with Gasteiger partial charge >= 0.3 is 17.9 Å². The first-order chi connectivity index (χ1) is 36.5. The topological polar surface area (TPSA) is 78.9 Å². The minimum Gasteiger partial charge on any atom is -0.462 e. The second-order valence-electron chi connectivity index (χ2n) is 20.6. The fourth-order valence-electron chi connectivity index (χ4n) is 8.61. The molecule has 0 N–H and O–H groups in total. The Hall–Kier alpha value is -3.67. The first-order valence-corrected chi connectivity index (χ1v) is 31.2. The van der Waals surface area contributed by atoms with Crippen LogP contribution >= 0.6 is 0 Å². The molecule has 0 aliphatic heterocycles. The largest absolute Gasteiger partial charge is 0.462 e. The van der Waals surface area contributed by atoms with Crippen molar-refractivity contribution < 1.29 is 28.6 Å². The van der Waals surface area contributed by atoms with Crippen molar-refractivity contribution in [3.05, 3.63) is 97.2 Å². The molecule has 0 aromatic carbocycles. The summed E-state index contributed by atoms with van der Waals surface area (Å²) in [5, 5.41) is 0. The maximum atomic E-state index is 12.9. The second kappa shape index (κ2) is 61.9. The maximum absolute atomic E-state index is 12.9. The number of rotatable bonds is 56. The zero-order valence-electron chi connectivity index (χ0n) is 48.6. The summed E-state index contributed by atoms with van der Waals surface area (Å²) >= 11 is 0. The number of esters is 3. The summed E-state index contributed by atoms with van der Waals surface area (Å²) in [5.74, 6) is -0.925. The molecule has 1 atom stereocenters. The molecule has 0 spiro atoms. The molecule has 6 nitrogen and oxygen atoms in total. The van der Waals surface area contributed by atoms with Crippen molar-refractivity contribution in [3.63, 3.8) is 0 Å². The molecule has 0 rings (SSSR count). The monoisotopic (exact) mass is 1030 g/mol. The Morgan fingerprint density at radius 2 is 0.527 bits per heavy atom. The first kappa shape index (κ1) is 70.3. The van der Waals surface area contributed by atoms with Crippen molar-refractivity contribution in [2.45, 2.75) is 303 Å². The highest BCUT2D eigenvalue weighted by Crippen LogP contribution is 2.15. The van der Waals surface area contributed by atoms with E-state index >= 15 is 0 Å². The zero-order chi connectivity index (χ0) is 53.6. The minimum atomic E-state index is -0.798. The van der Waals surface area contributed by atoms with E-state index in [4.69, 9.17) is 14.2 Å². The van der Waals surface area contributed by atoms with Crippen LogP contribution in [-0.4, -0.2) is 37.2 Å². The minimum absolute atomic E-state index is 0.0918. The SMILES string of the molecule is CC/C=C\C/C=C\C/C=C\C/C=C\C/C=C\CCCCCC(=O)OCC(COC(=O)CCCCCCCCC/C=C\CCCCCCCCC)OC(=O)CCCCCCCCCCC/C=C\C/C=C\CCCCC. The standard InChI is InChI=1S/C68H116O6/c1-4-7-10-13-16-19-22-25-28-31-34-37-40-43-46-49-52-55-58-61-67(70)73-64-65(63-72-66(69)60-57-54-51-48-45-42-39-36-33-30-27-24-21-18-15-12-9-6-3)74-68(71)62-59-56-53-50-47-44-41-38-35-32-29-26-23-20-17-14-11-8-5-2/h7,10,16-17,19-20,25-26,28-30,33-34,37,43,46,65H,4-6,8-9,11-15,18,21-24,27,31-32,35-36,38-42,44-45,47-64H2,1-3H3/b10-7-,19-16-,20-17-,28-25-,29-26-,33-30-,37-34-,46-43-. The average molecular weight is 1030 g/mol. The molecule has 0 saturated heterocycles. The normalized spacial score (nSPS) is 12.7. The van der Waals surface area contributed by atoms with Crippen molar-refractivity contribution in [2.24, 2.45) is 0 Å². The highest BCUT2D eigenvalue weighted by atomic mass is 16.6. The van der Waals surface area contributed by atoms with E-state index in [1.54, 1.807) is 0 Å². The zero-order valence-corrected chi connectivity index (χ0v) is 48.6. The molecule has 0 aromatic rings. The number of allylic oxidation sites excluding steroid dienone is 16. The van der Waals surface area contributed by atoms with Crippen LogP contribution in [0, 0.1) is 0 Å². The van der Waals surface area contributed by atoms with Gasteiger partial charge in [0.15, 0.2) is 6.10 Å². The molecule has 0 aromatic heterocycles. The predicted molar refractivity (Wildman–Crippen MR) is 320 cm³/mol. The van der Waals surface area contributed by atoms with Crippen molar-refractivity contribution in [2.75, 3.05) is 13.2 Å². The van der Waals surface area contributed by atoms with E-state index in [0.29, 0.717) is 19.3 Å². The number of carbonyl (C=O) groups excluding carboxylic acids is 3. The van der Waals surface area contributed by atoms with Crippen LogP contribution in [0.2, 0.25) is 0 Å². The lowest BCUT2D eigenvalue weighted by Gasteiger charge is -2.18. The maximum Gasteiger partial charge on any atom is 0.306 e. The van der Waals surface area contributed by atoms with Crippen molar-refractivity contribution in [3.8, 4) is 0 Å². The van der Waals surface area contributed by atoms with Gasteiger partial charge in [-0.05, 0) is 122 Å². The highest BCUT2D eigenvalue weighted by Gasteiger charge is 2.19. The van der Waals surface area contributed by atoms with Crippen molar-refractivity contribution in [1.82, 2.24) is 0 Å². The van der Waals surface area contributed by atoms with E-state index in [2.05, 4.69) is 118 Å². The molecule has 0 fully saturated rings. The number of ether oxygens (including phenoxy) is 3. The molecule has 424 valence electrons. The second-order valence-corrected chi connectivity index (χ2v) is 20.6. The van der Waals surface area contributed by atoms with Gasteiger partial charge in [0.1, 0.15) is 13.2 Å². The van der Waals surface area contributed by atoms with Gasteiger partial charge in [-0.25, -0.2) is 0 Å². The van der Waals surface area contributed by atoms with Gasteiger partial charge in [-0.2, -0.15) is 0 Å². The Bertz CT molecular complexity index is 1460. The van der Waals surface area contributed by atoms with E-state index in [-0.39, 0.29) is 31.1 Å². The third-order valence-corrected chi connectivity index (χ3v) is 13.3. The van der Waals surface area contributed by atoms with Gasteiger partial charge in [0.05, 0.1) is 0 Å². The summed E-state index contributed by atoms with van der Waals surface area (Å²) in [6, 6.07) is 0. The van der Waals surface area contributed by atoms with Gasteiger partial charge in [-0.1, -0.05) is 253 Å². The lowest BCUT2D eigenvalue weighted by Crippen LogP contribution is -2.30. The lowest BCUT2D eigenvalue weighted by molar-refractivity contribution is -0.167. The molecule has 6 heteroatoms. The number of hydrogen-bond acceptors (Lipinski definition) is 6. The van der Waals surface area contributed by atoms with E-state index in [0.717, 1.165) is 103 Å². The Morgan fingerprint density at radius 3 is 0.878 bits per heavy atom. The molecular weight excluding hydrogens is 913 g/mol. The number of hydrogen-bond donors (Lipinski definition) is 0. The Morgan fingerprint density at radius 1 is 0.284 bits per heavy atom. The van der Waals surface area contributed by atoms with Gasteiger partial charge < -0.3 is 14.2 Å². The van der Waals surface area contributed by atoms with E-state index in [1.165, 1.54) is 154 Å². The van der Waals surface area contributed by atoms with Crippen LogP contribution in [0.4, 0.5) is 0 Å². The molecule has 0 heterocycles.